The monoisotopic (exact) mass is 289 g/mol. The maximum Gasteiger partial charge on any atom is 0.249 e. The highest BCUT2D eigenvalue weighted by Crippen LogP contribution is 2.21. The van der Waals surface area contributed by atoms with Crippen molar-refractivity contribution in [2.45, 2.75) is 32.6 Å². The van der Waals surface area contributed by atoms with Gasteiger partial charge in [0.1, 0.15) is 0 Å². The van der Waals surface area contributed by atoms with Crippen LogP contribution in [-0.2, 0) is 4.79 Å². The largest absolute Gasteiger partial charge is 0.366 e. The van der Waals surface area contributed by atoms with Gasteiger partial charge in [-0.25, -0.2) is 0 Å². The van der Waals surface area contributed by atoms with Crippen molar-refractivity contribution in [3.63, 3.8) is 0 Å². The zero-order valence-electron chi connectivity index (χ0n) is 12.4. The molecule has 0 spiro atoms. The first-order valence-electron chi connectivity index (χ1n) is 7.48. The van der Waals surface area contributed by atoms with E-state index in [2.05, 4.69) is 10.6 Å². The molecule has 0 bridgehead atoms. The average Bonchev–Trinajstić information content (AvgIpc) is 2.48. The summed E-state index contributed by atoms with van der Waals surface area (Å²) in [7, 11) is 0. The summed E-state index contributed by atoms with van der Waals surface area (Å²) in [4.78, 5) is 23.3. The Labute approximate surface area is 125 Å². The molecule has 5 nitrogen and oxygen atoms in total. The Balaban J connectivity index is 1.90. The first-order chi connectivity index (χ1) is 10.1. The highest BCUT2D eigenvalue weighted by atomic mass is 16.2. The molecule has 0 aliphatic carbocycles. The van der Waals surface area contributed by atoms with Crippen molar-refractivity contribution >= 4 is 17.5 Å². The number of amides is 2. The van der Waals surface area contributed by atoms with E-state index in [4.69, 9.17) is 5.73 Å². The van der Waals surface area contributed by atoms with Crippen LogP contribution in [0.3, 0.4) is 0 Å². The van der Waals surface area contributed by atoms with E-state index < -0.39 is 5.91 Å². The van der Waals surface area contributed by atoms with Gasteiger partial charge in [-0.1, -0.05) is 6.07 Å². The first-order valence-corrected chi connectivity index (χ1v) is 7.48. The lowest BCUT2D eigenvalue weighted by molar-refractivity contribution is -0.116. The molecule has 5 heteroatoms. The summed E-state index contributed by atoms with van der Waals surface area (Å²) in [5.74, 6) is 0.159. The SMILES string of the molecule is Cc1c(NC(=O)CCC2CCNCC2)cccc1C(N)=O. The summed E-state index contributed by atoms with van der Waals surface area (Å²) >= 11 is 0. The second-order valence-electron chi connectivity index (χ2n) is 5.62. The number of hydrogen-bond acceptors (Lipinski definition) is 3. The van der Waals surface area contributed by atoms with Gasteiger partial charge in [-0.2, -0.15) is 0 Å². The van der Waals surface area contributed by atoms with Crippen molar-refractivity contribution in [3.8, 4) is 0 Å². The molecule has 1 heterocycles. The van der Waals surface area contributed by atoms with E-state index in [0.29, 0.717) is 23.6 Å². The van der Waals surface area contributed by atoms with Crippen molar-refractivity contribution in [2.24, 2.45) is 11.7 Å². The number of primary amides is 1. The third kappa shape index (κ3) is 4.29. The normalized spacial score (nSPS) is 15.7. The van der Waals surface area contributed by atoms with Crippen molar-refractivity contribution in [1.82, 2.24) is 5.32 Å². The Morgan fingerprint density at radius 1 is 1.33 bits per heavy atom. The zero-order valence-corrected chi connectivity index (χ0v) is 12.4. The molecule has 0 radical (unpaired) electrons. The van der Waals surface area contributed by atoms with Crippen LogP contribution >= 0.6 is 0 Å². The number of piperidine rings is 1. The summed E-state index contributed by atoms with van der Waals surface area (Å²) in [5.41, 5.74) is 7.15. The van der Waals surface area contributed by atoms with E-state index in [1.165, 1.54) is 0 Å². The lowest BCUT2D eigenvalue weighted by atomic mass is 9.93. The molecule has 2 rings (SSSR count). The number of nitrogens with one attached hydrogen (secondary N) is 2. The minimum absolute atomic E-state index is 0.00162. The number of carbonyl (C=O) groups is 2. The van der Waals surface area contributed by atoms with Gasteiger partial charge >= 0.3 is 0 Å². The molecule has 1 aromatic carbocycles. The zero-order chi connectivity index (χ0) is 15.2. The number of carbonyl (C=O) groups excluding carboxylic acids is 2. The molecule has 4 N–H and O–H groups in total. The molecular formula is C16H23N3O2. The van der Waals surface area contributed by atoms with Crippen LogP contribution < -0.4 is 16.4 Å². The van der Waals surface area contributed by atoms with Crippen LogP contribution in [-0.4, -0.2) is 24.9 Å². The van der Waals surface area contributed by atoms with Crippen molar-refractivity contribution in [3.05, 3.63) is 29.3 Å². The summed E-state index contributed by atoms with van der Waals surface area (Å²) in [6.07, 6.45) is 3.72. The second kappa shape index (κ2) is 7.22. The molecule has 1 aromatic rings. The predicted octanol–water partition coefficient (Wildman–Crippen LogP) is 1.81. The van der Waals surface area contributed by atoms with Crippen LogP contribution in [0.15, 0.2) is 18.2 Å². The van der Waals surface area contributed by atoms with Crippen LogP contribution in [0, 0.1) is 12.8 Å². The molecule has 1 aliphatic rings. The third-order valence-corrected chi connectivity index (χ3v) is 4.11. The van der Waals surface area contributed by atoms with Gasteiger partial charge in [0.25, 0.3) is 0 Å². The lowest BCUT2D eigenvalue weighted by Gasteiger charge is -2.22. The van der Waals surface area contributed by atoms with E-state index >= 15 is 0 Å². The predicted molar refractivity (Wildman–Crippen MR) is 83.2 cm³/mol. The highest BCUT2D eigenvalue weighted by Gasteiger charge is 2.15. The van der Waals surface area contributed by atoms with Crippen molar-refractivity contribution < 1.29 is 9.59 Å². The van der Waals surface area contributed by atoms with Gasteiger partial charge in [0.2, 0.25) is 11.8 Å². The van der Waals surface area contributed by atoms with Gasteiger partial charge < -0.3 is 16.4 Å². The Morgan fingerprint density at radius 2 is 2.05 bits per heavy atom. The molecule has 21 heavy (non-hydrogen) atoms. The van der Waals surface area contributed by atoms with E-state index in [0.717, 1.165) is 37.9 Å². The van der Waals surface area contributed by atoms with Crippen LogP contribution in [0.25, 0.3) is 0 Å². The molecular weight excluding hydrogens is 266 g/mol. The Morgan fingerprint density at radius 3 is 2.71 bits per heavy atom. The molecule has 0 unspecified atom stereocenters. The highest BCUT2D eigenvalue weighted by molar-refractivity contribution is 5.98. The number of rotatable bonds is 5. The summed E-state index contributed by atoms with van der Waals surface area (Å²) in [6.45, 7) is 3.89. The molecule has 0 atom stereocenters. The van der Waals surface area contributed by atoms with Crippen LogP contribution in [0.5, 0.6) is 0 Å². The number of anilines is 1. The van der Waals surface area contributed by atoms with E-state index in [1.54, 1.807) is 25.1 Å². The maximum absolute atomic E-state index is 12.0. The van der Waals surface area contributed by atoms with Crippen LogP contribution in [0.2, 0.25) is 0 Å². The van der Waals surface area contributed by atoms with Gasteiger partial charge in [-0.05, 0) is 62.9 Å². The fourth-order valence-corrected chi connectivity index (χ4v) is 2.76. The van der Waals surface area contributed by atoms with E-state index in [1.807, 2.05) is 0 Å². The van der Waals surface area contributed by atoms with Crippen molar-refractivity contribution in [2.75, 3.05) is 18.4 Å². The van der Waals surface area contributed by atoms with E-state index in [9.17, 15) is 9.59 Å². The summed E-state index contributed by atoms with van der Waals surface area (Å²) < 4.78 is 0. The van der Waals surface area contributed by atoms with E-state index in [-0.39, 0.29) is 5.91 Å². The number of benzene rings is 1. The Kier molecular flexibility index (Phi) is 5.33. The van der Waals surface area contributed by atoms with Gasteiger partial charge in [-0.3, -0.25) is 9.59 Å². The molecule has 114 valence electrons. The molecule has 2 amide bonds. The number of hydrogen-bond donors (Lipinski definition) is 3. The molecule has 0 saturated carbocycles. The molecule has 1 aliphatic heterocycles. The van der Waals surface area contributed by atoms with Crippen LogP contribution in [0.1, 0.15) is 41.6 Å². The summed E-state index contributed by atoms with van der Waals surface area (Å²) in [6, 6.07) is 5.20. The standard InChI is InChI=1S/C16H23N3O2/c1-11-13(16(17)21)3-2-4-14(11)19-15(20)6-5-12-7-9-18-10-8-12/h2-4,12,18H,5-10H2,1H3,(H2,17,21)(H,19,20). The van der Waals surface area contributed by atoms with Gasteiger partial charge in [-0.15, -0.1) is 0 Å². The smallest absolute Gasteiger partial charge is 0.249 e. The van der Waals surface area contributed by atoms with Gasteiger partial charge in [0, 0.05) is 17.7 Å². The molecule has 0 aromatic heterocycles. The fraction of sp³-hybridized carbons (Fsp3) is 0.500. The minimum Gasteiger partial charge on any atom is -0.366 e. The van der Waals surface area contributed by atoms with Crippen molar-refractivity contribution in [1.29, 1.82) is 0 Å². The topological polar surface area (TPSA) is 84.2 Å². The van der Waals surface area contributed by atoms with Gasteiger partial charge in [0.05, 0.1) is 0 Å². The fourth-order valence-electron chi connectivity index (χ4n) is 2.76. The lowest BCUT2D eigenvalue weighted by Crippen LogP contribution is -2.28. The average molecular weight is 289 g/mol. The Hall–Kier alpha value is -1.88. The Bertz CT molecular complexity index is 522. The molecule has 1 saturated heterocycles. The first kappa shape index (κ1) is 15.5. The quantitative estimate of drug-likeness (QED) is 0.773. The number of nitrogens with two attached hydrogens (primary N) is 1. The third-order valence-electron chi connectivity index (χ3n) is 4.11. The van der Waals surface area contributed by atoms with Crippen LogP contribution in [0.4, 0.5) is 5.69 Å². The maximum atomic E-state index is 12.0. The molecule has 1 fully saturated rings. The summed E-state index contributed by atoms with van der Waals surface area (Å²) in [5, 5.41) is 6.20. The van der Waals surface area contributed by atoms with Gasteiger partial charge in [0.15, 0.2) is 0 Å². The minimum atomic E-state index is -0.474. The second-order valence-corrected chi connectivity index (χ2v) is 5.62.